The number of sulfone groups is 1. The van der Waals surface area contributed by atoms with Gasteiger partial charge in [0.25, 0.3) is 0 Å². The van der Waals surface area contributed by atoms with E-state index in [4.69, 9.17) is 0 Å². The number of rotatable bonds is 4. The summed E-state index contributed by atoms with van der Waals surface area (Å²) in [4.78, 5) is 0.145. The predicted molar refractivity (Wildman–Crippen MR) is 73.5 cm³/mol. The number of H-pyrrole nitrogens is 1. The van der Waals surface area contributed by atoms with Crippen molar-refractivity contribution in [2.24, 2.45) is 0 Å². The molecule has 0 aromatic carbocycles. The Balaban J connectivity index is 2.34. The molecule has 0 bridgehead atoms. The summed E-state index contributed by atoms with van der Waals surface area (Å²) >= 11 is 0. The number of aromatic nitrogens is 2. The van der Waals surface area contributed by atoms with Gasteiger partial charge in [0.15, 0.2) is 9.84 Å². The second-order valence-electron chi connectivity index (χ2n) is 4.71. The highest BCUT2D eigenvalue weighted by molar-refractivity contribution is 7.92. The molecule has 0 radical (unpaired) electrons. The molecule has 8 nitrogen and oxygen atoms in total. The van der Waals surface area contributed by atoms with E-state index in [2.05, 4.69) is 15.5 Å². The van der Waals surface area contributed by atoms with Crippen LogP contribution in [0.25, 0.3) is 0 Å². The number of hydrogen-bond acceptors (Lipinski definition) is 6. The minimum atomic E-state index is -3.72. The maximum absolute atomic E-state index is 12.6. The van der Waals surface area contributed by atoms with Gasteiger partial charge < -0.3 is 5.32 Å². The second kappa shape index (κ2) is 5.43. The van der Waals surface area contributed by atoms with Crippen LogP contribution in [0.1, 0.15) is 11.4 Å². The van der Waals surface area contributed by atoms with Crippen LogP contribution in [0, 0.1) is 6.92 Å². The third-order valence-electron chi connectivity index (χ3n) is 3.21. The van der Waals surface area contributed by atoms with Gasteiger partial charge in [-0.05, 0) is 14.0 Å². The third-order valence-corrected chi connectivity index (χ3v) is 6.92. The SMILES string of the molecule is CNCc1n[nH]c(C)c1S(=O)(=O)N1CCS(=O)(=O)CC1. The van der Waals surface area contributed by atoms with Crippen molar-refractivity contribution in [2.45, 2.75) is 18.4 Å². The lowest BCUT2D eigenvalue weighted by Crippen LogP contribution is -2.44. The van der Waals surface area contributed by atoms with E-state index in [0.29, 0.717) is 17.9 Å². The fourth-order valence-electron chi connectivity index (χ4n) is 2.16. The highest BCUT2D eigenvalue weighted by Crippen LogP contribution is 2.23. The summed E-state index contributed by atoms with van der Waals surface area (Å²) in [6.45, 7) is 1.95. The van der Waals surface area contributed by atoms with Crippen LogP contribution in [-0.2, 0) is 26.4 Å². The molecule has 0 atom stereocenters. The number of sulfonamides is 1. The third kappa shape index (κ3) is 2.87. The van der Waals surface area contributed by atoms with Gasteiger partial charge in [0, 0.05) is 19.6 Å². The molecule has 114 valence electrons. The Labute approximate surface area is 118 Å². The first kappa shape index (κ1) is 15.4. The van der Waals surface area contributed by atoms with Crippen LogP contribution in [-0.4, -0.2) is 63.0 Å². The molecule has 1 saturated heterocycles. The minimum Gasteiger partial charge on any atom is -0.314 e. The molecule has 0 aliphatic carbocycles. The number of nitrogens with zero attached hydrogens (tertiary/aromatic N) is 2. The first-order valence-electron chi connectivity index (χ1n) is 6.17. The largest absolute Gasteiger partial charge is 0.314 e. The van der Waals surface area contributed by atoms with Crippen LogP contribution in [0.2, 0.25) is 0 Å². The normalized spacial score (nSPS) is 20.1. The summed E-state index contributed by atoms with van der Waals surface area (Å²) in [7, 11) is -5.13. The maximum atomic E-state index is 12.6. The lowest BCUT2D eigenvalue weighted by atomic mass is 10.4. The van der Waals surface area contributed by atoms with E-state index in [-0.39, 0.29) is 29.5 Å². The number of aryl methyl sites for hydroxylation is 1. The van der Waals surface area contributed by atoms with Crippen LogP contribution in [0.3, 0.4) is 0 Å². The zero-order chi connectivity index (χ0) is 15.0. The van der Waals surface area contributed by atoms with Gasteiger partial charge in [-0.2, -0.15) is 9.40 Å². The predicted octanol–water partition coefficient (Wildman–Crippen LogP) is -1.14. The molecular weight excluding hydrogens is 304 g/mol. The number of aromatic amines is 1. The van der Waals surface area contributed by atoms with Crippen LogP contribution < -0.4 is 5.32 Å². The van der Waals surface area contributed by atoms with E-state index in [9.17, 15) is 16.8 Å². The standard InChI is InChI=1S/C10H18N4O4S2/c1-8-10(9(7-11-2)13-12-8)20(17,18)14-3-5-19(15,16)6-4-14/h11H,3-7H2,1-2H3,(H,12,13). The molecule has 10 heteroatoms. The molecule has 20 heavy (non-hydrogen) atoms. The molecule has 0 unspecified atom stereocenters. The van der Waals surface area contributed by atoms with Crippen molar-refractivity contribution in [3.05, 3.63) is 11.4 Å². The summed E-state index contributed by atoms with van der Waals surface area (Å²) < 4.78 is 49.2. The summed E-state index contributed by atoms with van der Waals surface area (Å²) in [6, 6.07) is 0. The first-order chi connectivity index (χ1) is 9.28. The molecule has 2 rings (SSSR count). The van der Waals surface area contributed by atoms with Gasteiger partial charge in [0.1, 0.15) is 4.90 Å². The fraction of sp³-hybridized carbons (Fsp3) is 0.700. The van der Waals surface area contributed by atoms with E-state index in [1.807, 2.05) is 0 Å². The molecule has 2 N–H and O–H groups in total. The Hall–Kier alpha value is -0.970. The van der Waals surface area contributed by atoms with Crippen molar-refractivity contribution in [1.82, 2.24) is 19.8 Å². The maximum Gasteiger partial charge on any atom is 0.246 e. The van der Waals surface area contributed by atoms with Gasteiger partial charge in [0.05, 0.1) is 22.9 Å². The Morgan fingerprint density at radius 2 is 1.95 bits per heavy atom. The van der Waals surface area contributed by atoms with E-state index in [1.165, 1.54) is 4.31 Å². The zero-order valence-electron chi connectivity index (χ0n) is 11.4. The van der Waals surface area contributed by atoms with Crippen molar-refractivity contribution in [1.29, 1.82) is 0 Å². The van der Waals surface area contributed by atoms with Gasteiger partial charge in [-0.25, -0.2) is 16.8 Å². The summed E-state index contributed by atoms with van der Waals surface area (Å²) in [5.41, 5.74) is 0.877. The van der Waals surface area contributed by atoms with E-state index in [0.717, 1.165) is 0 Å². The van der Waals surface area contributed by atoms with Crippen molar-refractivity contribution in [3.8, 4) is 0 Å². The van der Waals surface area contributed by atoms with Crippen LogP contribution >= 0.6 is 0 Å². The van der Waals surface area contributed by atoms with Gasteiger partial charge in [0.2, 0.25) is 10.0 Å². The smallest absolute Gasteiger partial charge is 0.246 e. The molecule has 0 spiro atoms. The van der Waals surface area contributed by atoms with Crippen LogP contribution in [0.4, 0.5) is 0 Å². The molecule has 0 amide bonds. The molecule has 1 aromatic heterocycles. The quantitative estimate of drug-likeness (QED) is 0.724. The average Bonchev–Trinajstić information content (AvgIpc) is 2.71. The first-order valence-corrected chi connectivity index (χ1v) is 9.43. The number of nitrogens with one attached hydrogen (secondary N) is 2. The molecule has 1 aromatic rings. The fourth-order valence-corrected chi connectivity index (χ4v) is 5.37. The van der Waals surface area contributed by atoms with Crippen LogP contribution in [0.5, 0.6) is 0 Å². The Morgan fingerprint density at radius 1 is 1.35 bits per heavy atom. The van der Waals surface area contributed by atoms with E-state index < -0.39 is 19.9 Å². The Kier molecular flexibility index (Phi) is 4.19. The molecule has 1 fully saturated rings. The lowest BCUT2D eigenvalue weighted by Gasteiger charge is -2.26. The molecule has 1 aliphatic rings. The van der Waals surface area contributed by atoms with Crippen molar-refractivity contribution >= 4 is 19.9 Å². The van der Waals surface area contributed by atoms with Gasteiger partial charge in [-0.1, -0.05) is 0 Å². The zero-order valence-corrected chi connectivity index (χ0v) is 13.0. The summed E-state index contributed by atoms with van der Waals surface area (Å²) in [6.07, 6.45) is 0. The number of hydrogen-bond donors (Lipinski definition) is 2. The lowest BCUT2D eigenvalue weighted by molar-refractivity contribution is 0.429. The van der Waals surface area contributed by atoms with Crippen molar-refractivity contribution in [2.75, 3.05) is 31.6 Å². The molecular formula is C10H18N4O4S2. The second-order valence-corrected chi connectivity index (χ2v) is 8.89. The summed E-state index contributed by atoms with van der Waals surface area (Å²) in [5.74, 6) is -0.269. The van der Waals surface area contributed by atoms with Crippen LogP contribution in [0.15, 0.2) is 4.90 Å². The van der Waals surface area contributed by atoms with E-state index in [1.54, 1.807) is 14.0 Å². The van der Waals surface area contributed by atoms with Gasteiger partial charge in [-0.3, -0.25) is 5.10 Å². The summed E-state index contributed by atoms with van der Waals surface area (Å²) in [5, 5.41) is 9.52. The van der Waals surface area contributed by atoms with Crippen molar-refractivity contribution < 1.29 is 16.8 Å². The van der Waals surface area contributed by atoms with Gasteiger partial charge >= 0.3 is 0 Å². The highest BCUT2D eigenvalue weighted by atomic mass is 32.2. The topological polar surface area (TPSA) is 112 Å². The van der Waals surface area contributed by atoms with Gasteiger partial charge in [-0.15, -0.1) is 0 Å². The van der Waals surface area contributed by atoms with Crippen molar-refractivity contribution in [3.63, 3.8) is 0 Å². The minimum absolute atomic E-state index is 0.00567. The molecule has 0 saturated carbocycles. The average molecular weight is 322 g/mol. The monoisotopic (exact) mass is 322 g/mol. The molecule has 2 heterocycles. The Morgan fingerprint density at radius 3 is 2.50 bits per heavy atom. The molecule has 1 aliphatic heterocycles. The Bertz CT molecular complexity index is 679. The highest BCUT2D eigenvalue weighted by Gasteiger charge is 2.34. The van der Waals surface area contributed by atoms with E-state index >= 15 is 0 Å².